The van der Waals surface area contributed by atoms with Gasteiger partial charge in [-0.15, -0.1) is 13.2 Å². The van der Waals surface area contributed by atoms with Crippen molar-refractivity contribution < 1.29 is 22.3 Å². The molecule has 188 valence electrons. The van der Waals surface area contributed by atoms with Gasteiger partial charge in [0, 0.05) is 5.56 Å². The highest BCUT2D eigenvalue weighted by Crippen LogP contribution is 2.35. The molecule has 0 N–H and O–H groups in total. The van der Waals surface area contributed by atoms with E-state index in [1.54, 1.807) is 30.3 Å². The quantitative estimate of drug-likeness (QED) is 0.216. The first-order chi connectivity index (χ1) is 16.8. The van der Waals surface area contributed by atoms with Gasteiger partial charge in [-0.1, -0.05) is 88.6 Å². The molecule has 0 aliphatic heterocycles. The van der Waals surface area contributed by atoms with Crippen molar-refractivity contribution in [3.8, 4) is 16.9 Å². The molecule has 1 nitrogen and oxygen atoms in total. The molecule has 1 aliphatic rings. The van der Waals surface area contributed by atoms with Crippen molar-refractivity contribution in [3.05, 3.63) is 66.0 Å². The maximum Gasteiger partial charge on any atom is 0.573 e. The van der Waals surface area contributed by atoms with E-state index in [4.69, 9.17) is 0 Å². The minimum atomic E-state index is -4.73. The highest BCUT2D eigenvalue weighted by atomic mass is 19.4. The molecule has 1 saturated carbocycles. The molecule has 0 aromatic heterocycles. The highest BCUT2D eigenvalue weighted by molar-refractivity contribution is 5.88. The molecule has 0 saturated heterocycles. The van der Waals surface area contributed by atoms with Gasteiger partial charge in [-0.2, -0.15) is 0 Å². The van der Waals surface area contributed by atoms with E-state index in [1.807, 2.05) is 12.1 Å². The molecule has 3 aromatic carbocycles. The summed E-state index contributed by atoms with van der Waals surface area (Å²) in [5, 5.41) is 1.33. The van der Waals surface area contributed by atoms with Gasteiger partial charge in [0.05, 0.1) is 0 Å². The number of unbranched alkanes of at least 4 members (excludes halogenated alkanes) is 2. The summed E-state index contributed by atoms with van der Waals surface area (Å²) >= 11 is 0. The molecule has 1 fully saturated rings. The Hall–Kier alpha value is -2.56. The summed E-state index contributed by atoms with van der Waals surface area (Å²) in [7, 11) is 0. The molecule has 0 amide bonds. The van der Waals surface area contributed by atoms with Gasteiger partial charge >= 0.3 is 6.36 Å². The second-order valence-electron chi connectivity index (χ2n) is 10.0. The van der Waals surface area contributed by atoms with Crippen LogP contribution in [-0.4, -0.2) is 6.36 Å². The second kappa shape index (κ2) is 11.5. The Labute approximate surface area is 205 Å². The van der Waals surface area contributed by atoms with Crippen LogP contribution in [0.15, 0.2) is 54.6 Å². The zero-order chi connectivity index (χ0) is 24.8. The van der Waals surface area contributed by atoms with Gasteiger partial charge in [0.15, 0.2) is 0 Å². The Balaban J connectivity index is 1.35. The summed E-state index contributed by atoms with van der Waals surface area (Å²) in [5.74, 6) is 1.11. The van der Waals surface area contributed by atoms with Crippen LogP contribution in [0.3, 0.4) is 0 Å². The van der Waals surface area contributed by atoms with E-state index in [-0.39, 0.29) is 11.6 Å². The number of hydrogen-bond acceptors (Lipinski definition) is 1. The zero-order valence-corrected chi connectivity index (χ0v) is 20.3. The van der Waals surface area contributed by atoms with Crippen LogP contribution in [0, 0.1) is 17.7 Å². The molecule has 0 bridgehead atoms. The van der Waals surface area contributed by atoms with Gasteiger partial charge < -0.3 is 4.74 Å². The van der Waals surface area contributed by atoms with Crippen molar-refractivity contribution in [2.75, 3.05) is 0 Å². The van der Waals surface area contributed by atoms with Gasteiger partial charge in [0.1, 0.15) is 11.6 Å². The van der Waals surface area contributed by atoms with Gasteiger partial charge in [-0.3, -0.25) is 0 Å². The fourth-order valence-electron chi connectivity index (χ4n) is 5.40. The van der Waals surface area contributed by atoms with Crippen LogP contribution >= 0.6 is 0 Å². The molecule has 0 radical (unpaired) electrons. The normalized spacial score (nSPS) is 18.7. The summed E-state index contributed by atoms with van der Waals surface area (Å²) in [6, 6.07) is 14.8. The maximum absolute atomic E-state index is 15.0. The Morgan fingerprint density at radius 2 is 1.49 bits per heavy atom. The van der Waals surface area contributed by atoms with Crippen molar-refractivity contribution in [2.24, 2.45) is 11.8 Å². The van der Waals surface area contributed by atoms with Crippen LogP contribution in [0.25, 0.3) is 21.9 Å². The third-order valence-corrected chi connectivity index (χ3v) is 7.41. The molecule has 3 aromatic rings. The first kappa shape index (κ1) is 25.5. The molecule has 1 aliphatic carbocycles. The van der Waals surface area contributed by atoms with E-state index in [0.717, 1.165) is 35.6 Å². The molecule has 5 heteroatoms. The summed E-state index contributed by atoms with van der Waals surface area (Å²) < 4.78 is 56.4. The van der Waals surface area contributed by atoms with Gasteiger partial charge in [0.25, 0.3) is 0 Å². The first-order valence-corrected chi connectivity index (χ1v) is 12.9. The number of ether oxygens (including phenoxy) is 1. The Morgan fingerprint density at radius 3 is 2.17 bits per heavy atom. The monoisotopic (exact) mass is 486 g/mol. The number of hydrogen-bond donors (Lipinski definition) is 0. The van der Waals surface area contributed by atoms with Gasteiger partial charge in [0.2, 0.25) is 0 Å². The lowest BCUT2D eigenvalue weighted by Crippen LogP contribution is -2.16. The average molecular weight is 487 g/mol. The highest BCUT2D eigenvalue weighted by Gasteiger charge is 2.31. The van der Waals surface area contributed by atoms with E-state index in [9.17, 15) is 13.2 Å². The summed E-state index contributed by atoms with van der Waals surface area (Å²) in [4.78, 5) is 0. The lowest BCUT2D eigenvalue weighted by molar-refractivity contribution is -0.274. The number of rotatable bonds is 9. The van der Waals surface area contributed by atoms with E-state index in [2.05, 4.69) is 11.7 Å². The molecule has 0 atom stereocenters. The second-order valence-corrected chi connectivity index (χ2v) is 10.0. The third-order valence-electron chi connectivity index (χ3n) is 7.41. The summed E-state index contributed by atoms with van der Waals surface area (Å²) in [6.45, 7) is 2.25. The molecule has 4 rings (SSSR count). The predicted molar refractivity (Wildman–Crippen MR) is 134 cm³/mol. The summed E-state index contributed by atoms with van der Waals surface area (Å²) in [5.41, 5.74) is 2.22. The lowest BCUT2D eigenvalue weighted by atomic mass is 9.78. The zero-order valence-electron chi connectivity index (χ0n) is 20.3. The number of benzene rings is 3. The Kier molecular flexibility index (Phi) is 8.35. The molecule has 0 heterocycles. The van der Waals surface area contributed by atoms with E-state index in [1.165, 1.54) is 63.5 Å². The standard InChI is InChI=1S/C30H34F4O/c1-2-3-4-5-21-6-8-22(9-7-21)10-11-23-12-17-28(29(31)18-23)26-14-13-25-20-27(35-30(32,33)34)16-15-24(25)19-26/h12-22H,2-11H2,1H3. The minimum Gasteiger partial charge on any atom is -0.406 e. The van der Waals surface area contributed by atoms with Crippen LogP contribution < -0.4 is 4.74 Å². The molecule has 0 spiro atoms. The van der Waals surface area contributed by atoms with E-state index in [0.29, 0.717) is 16.5 Å². The Bertz CT molecular complexity index is 1110. The largest absolute Gasteiger partial charge is 0.573 e. The molecular formula is C30H34F4O. The van der Waals surface area contributed by atoms with Crippen LogP contribution in [0.5, 0.6) is 5.75 Å². The minimum absolute atomic E-state index is 0.265. The topological polar surface area (TPSA) is 9.23 Å². The first-order valence-electron chi connectivity index (χ1n) is 12.9. The van der Waals surface area contributed by atoms with Crippen LogP contribution in [-0.2, 0) is 6.42 Å². The fourth-order valence-corrected chi connectivity index (χ4v) is 5.40. The number of alkyl halides is 3. The number of halogens is 4. The van der Waals surface area contributed by atoms with Crippen molar-refractivity contribution in [1.29, 1.82) is 0 Å². The van der Waals surface area contributed by atoms with Crippen LogP contribution in [0.1, 0.15) is 70.3 Å². The summed E-state index contributed by atoms with van der Waals surface area (Å²) in [6.07, 6.45) is 7.92. The van der Waals surface area contributed by atoms with Crippen molar-refractivity contribution in [3.63, 3.8) is 0 Å². The molecular weight excluding hydrogens is 452 g/mol. The third kappa shape index (κ3) is 7.22. The average Bonchev–Trinajstić information content (AvgIpc) is 2.82. The smallest absolute Gasteiger partial charge is 0.406 e. The SMILES string of the molecule is CCCCCC1CCC(CCc2ccc(-c3ccc4cc(OC(F)(F)F)ccc4c3)c(F)c2)CC1. The van der Waals surface area contributed by atoms with Gasteiger partial charge in [-0.25, -0.2) is 4.39 Å². The van der Waals surface area contributed by atoms with Crippen LogP contribution in [0.4, 0.5) is 17.6 Å². The van der Waals surface area contributed by atoms with Crippen molar-refractivity contribution in [2.45, 2.75) is 77.5 Å². The predicted octanol–water partition coefficient (Wildman–Crippen LogP) is 9.86. The maximum atomic E-state index is 15.0. The lowest BCUT2D eigenvalue weighted by Gasteiger charge is -2.28. The molecule has 35 heavy (non-hydrogen) atoms. The van der Waals surface area contributed by atoms with Crippen molar-refractivity contribution in [1.82, 2.24) is 0 Å². The van der Waals surface area contributed by atoms with E-state index < -0.39 is 6.36 Å². The fraction of sp³-hybridized carbons (Fsp3) is 0.467. The van der Waals surface area contributed by atoms with E-state index >= 15 is 4.39 Å². The Morgan fingerprint density at radius 1 is 0.800 bits per heavy atom. The van der Waals surface area contributed by atoms with Crippen molar-refractivity contribution >= 4 is 10.8 Å². The molecule has 0 unspecified atom stereocenters. The van der Waals surface area contributed by atoms with Gasteiger partial charge in [-0.05, 0) is 70.8 Å². The number of aryl methyl sites for hydroxylation is 1. The van der Waals surface area contributed by atoms with Crippen LogP contribution in [0.2, 0.25) is 0 Å². The number of fused-ring (bicyclic) bond motifs is 1.